The average Bonchev–Trinajstić information content (AvgIpc) is 2.40. The van der Waals surface area contributed by atoms with Crippen LogP contribution in [0.15, 0.2) is 36.5 Å². The molecular weight excluding hydrogens is 266 g/mol. The van der Waals surface area contributed by atoms with Crippen molar-refractivity contribution in [1.82, 2.24) is 0 Å². The van der Waals surface area contributed by atoms with E-state index >= 15 is 0 Å². The minimum Gasteiger partial charge on any atom is -0.201 e. The summed E-state index contributed by atoms with van der Waals surface area (Å²) >= 11 is 0. The van der Waals surface area contributed by atoms with E-state index in [0.29, 0.717) is 5.92 Å². The molecule has 0 saturated heterocycles. The molecule has 0 atom stereocenters. The molecule has 1 heterocycles. The molecule has 0 aliphatic rings. The number of pyridine rings is 1. The van der Waals surface area contributed by atoms with Crippen LogP contribution in [0.4, 0.5) is 0 Å². The highest BCUT2D eigenvalue weighted by atomic mass is 14.9. The summed E-state index contributed by atoms with van der Waals surface area (Å²) in [5.74, 6) is 0.685. The molecule has 0 aliphatic heterocycles. The molecule has 2 aromatic rings. The molecule has 0 aliphatic carbocycles. The maximum absolute atomic E-state index is 2.37. The molecule has 118 valence electrons. The van der Waals surface area contributed by atoms with Gasteiger partial charge in [0.25, 0.3) is 0 Å². The van der Waals surface area contributed by atoms with E-state index in [1.165, 1.54) is 27.9 Å². The SMILES string of the molecule is Cc1ccc(CC(C)C)cc1-c1cc(C(C)(C)C)cc[n+]1C. The maximum Gasteiger partial charge on any atom is 0.212 e. The Balaban J connectivity index is 2.55. The number of rotatable bonds is 3. The quantitative estimate of drug-likeness (QED) is 0.703. The van der Waals surface area contributed by atoms with Crippen LogP contribution in [0.5, 0.6) is 0 Å². The number of hydrogen-bond acceptors (Lipinski definition) is 0. The van der Waals surface area contributed by atoms with E-state index in [0.717, 1.165) is 6.42 Å². The first kappa shape index (κ1) is 16.7. The predicted octanol–water partition coefficient (Wildman–Crippen LogP) is 4.98. The van der Waals surface area contributed by atoms with Gasteiger partial charge in [-0.25, -0.2) is 4.57 Å². The third kappa shape index (κ3) is 3.76. The van der Waals surface area contributed by atoms with Gasteiger partial charge in [-0.05, 0) is 47.4 Å². The normalized spacial score (nSPS) is 12.0. The first-order valence-electron chi connectivity index (χ1n) is 8.28. The molecular formula is C21H30N+. The van der Waals surface area contributed by atoms with Gasteiger partial charge < -0.3 is 0 Å². The summed E-state index contributed by atoms with van der Waals surface area (Å²) in [6.45, 7) is 13.6. The first-order valence-corrected chi connectivity index (χ1v) is 8.28. The van der Waals surface area contributed by atoms with E-state index < -0.39 is 0 Å². The molecule has 0 N–H and O–H groups in total. The Labute approximate surface area is 136 Å². The van der Waals surface area contributed by atoms with Crippen molar-refractivity contribution < 1.29 is 4.57 Å². The summed E-state index contributed by atoms with van der Waals surface area (Å²) in [6.07, 6.45) is 3.32. The fraction of sp³-hybridized carbons (Fsp3) is 0.476. The van der Waals surface area contributed by atoms with E-state index in [-0.39, 0.29) is 5.41 Å². The van der Waals surface area contributed by atoms with Crippen molar-refractivity contribution in [3.05, 3.63) is 53.2 Å². The molecule has 0 saturated carbocycles. The van der Waals surface area contributed by atoms with E-state index in [9.17, 15) is 0 Å². The molecule has 0 spiro atoms. The lowest BCUT2D eigenvalue weighted by atomic mass is 9.86. The van der Waals surface area contributed by atoms with Gasteiger partial charge in [-0.3, -0.25) is 0 Å². The van der Waals surface area contributed by atoms with Gasteiger partial charge in [0.1, 0.15) is 7.05 Å². The molecule has 0 radical (unpaired) electrons. The van der Waals surface area contributed by atoms with E-state index in [1.54, 1.807) is 0 Å². The van der Waals surface area contributed by atoms with Gasteiger partial charge >= 0.3 is 0 Å². The van der Waals surface area contributed by atoms with Gasteiger partial charge in [0.05, 0.1) is 0 Å². The van der Waals surface area contributed by atoms with Crippen LogP contribution in [0.25, 0.3) is 11.3 Å². The Morgan fingerprint density at radius 2 is 1.73 bits per heavy atom. The van der Waals surface area contributed by atoms with Gasteiger partial charge in [-0.2, -0.15) is 0 Å². The Morgan fingerprint density at radius 3 is 2.32 bits per heavy atom. The summed E-state index contributed by atoms with van der Waals surface area (Å²) in [6, 6.07) is 11.5. The maximum atomic E-state index is 2.37. The number of nitrogens with zero attached hydrogens (tertiary/aromatic N) is 1. The van der Waals surface area contributed by atoms with Crippen molar-refractivity contribution in [1.29, 1.82) is 0 Å². The zero-order chi connectivity index (χ0) is 16.5. The van der Waals surface area contributed by atoms with Crippen molar-refractivity contribution in [3.63, 3.8) is 0 Å². The molecule has 1 aromatic carbocycles. The molecule has 1 nitrogen and oxygen atoms in total. The summed E-state index contributed by atoms with van der Waals surface area (Å²) in [5, 5.41) is 0. The van der Waals surface area contributed by atoms with Crippen LogP contribution >= 0.6 is 0 Å². The zero-order valence-electron chi connectivity index (χ0n) is 15.2. The molecule has 0 amide bonds. The molecule has 1 heteroatoms. The van der Waals surface area contributed by atoms with Crippen molar-refractivity contribution in [3.8, 4) is 11.3 Å². The number of aryl methyl sites for hydroxylation is 2. The lowest BCUT2D eigenvalue weighted by Gasteiger charge is -2.19. The first-order chi connectivity index (χ1) is 10.2. The summed E-state index contributed by atoms with van der Waals surface area (Å²) < 4.78 is 2.23. The average molecular weight is 296 g/mol. The van der Waals surface area contributed by atoms with Crippen LogP contribution in [0.3, 0.4) is 0 Å². The second kappa shape index (κ2) is 6.24. The minimum absolute atomic E-state index is 0.173. The third-order valence-corrected chi connectivity index (χ3v) is 4.24. The minimum atomic E-state index is 0.173. The Kier molecular flexibility index (Phi) is 4.75. The van der Waals surface area contributed by atoms with Gasteiger partial charge in [0, 0.05) is 17.7 Å². The fourth-order valence-electron chi connectivity index (χ4n) is 2.85. The van der Waals surface area contributed by atoms with Crippen LogP contribution in [-0.4, -0.2) is 0 Å². The van der Waals surface area contributed by atoms with Crippen LogP contribution in [-0.2, 0) is 18.9 Å². The smallest absolute Gasteiger partial charge is 0.201 e. The summed E-state index contributed by atoms with van der Waals surface area (Å²) in [4.78, 5) is 0. The van der Waals surface area contributed by atoms with Crippen LogP contribution < -0.4 is 4.57 Å². The standard InChI is InChI=1S/C21H30N/c1-15(2)12-17-9-8-16(3)19(13-17)20-14-18(21(4,5)6)10-11-22(20)7/h8-11,13-15H,12H2,1-7H3/q+1. The second-order valence-corrected chi connectivity index (χ2v) is 7.91. The highest BCUT2D eigenvalue weighted by molar-refractivity contribution is 5.63. The third-order valence-electron chi connectivity index (χ3n) is 4.24. The molecule has 1 aromatic heterocycles. The molecule has 22 heavy (non-hydrogen) atoms. The van der Waals surface area contributed by atoms with Gasteiger partial charge in [-0.1, -0.05) is 46.8 Å². The molecule has 2 rings (SSSR count). The van der Waals surface area contributed by atoms with E-state index in [2.05, 4.69) is 89.7 Å². The van der Waals surface area contributed by atoms with Crippen LogP contribution in [0.2, 0.25) is 0 Å². The fourth-order valence-corrected chi connectivity index (χ4v) is 2.85. The zero-order valence-corrected chi connectivity index (χ0v) is 15.2. The summed E-state index contributed by atoms with van der Waals surface area (Å²) in [7, 11) is 2.14. The Morgan fingerprint density at radius 1 is 1.05 bits per heavy atom. The topological polar surface area (TPSA) is 3.88 Å². The molecule has 0 bridgehead atoms. The van der Waals surface area contributed by atoms with E-state index in [4.69, 9.17) is 0 Å². The number of benzene rings is 1. The van der Waals surface area contributed by atoms with Crippen molar-refractivity contribution >= 4 is 0 Å². The van der Waals surface area contributed by atoms with Crippen LogP contribution in [0, 0.1) is 12.8 Å². The highest BCUT2D eigenvalue weighted by Crippen LogP contribution is 2.28. The largest absolute Gasteiger partial charge is 0.212 e. The monoisotopic (exact) mass is 296 g/mol. The van der Waals surface area contributed by atoms with Crippen molar-refractivity contribution in [2.45, 2.75) is 53.4 Å². The van der Waals surface area contributed by atoms with Gasteiger partial charge in [0.2, 0.25) is 5.69 Å². The lowest BCUT2D eigenvalue weighted by Crippen LogP contribution is -2.32. The van der Waals surface area contributed by atoms with Crippen molar-refractivity contribution in [2.75, 3.05) is 0 Å². The Bertz CT molecular complexity index is 660. The highest BCUT2D eigenvalue weighted by Gasteiger charge is 2.20. The Hall–Kier alpha value is -1.63. The number of hydrogen-bond donors (Lipinski definition) is 0. The van der Waals surface area contributed by atoms with Gasteiger partial charge in [-0.15, -0.1) is 0 Å². The van der Waals surface area contributed by atoms with E-state index in [1.807, 2.05) is 0 Å². The van der Waals surface area contributed by atoms with Crippen LogP contribution in [0.1, 0.15) is 51.3 Å². The second-order valence-electron chi connectivity index (χ2n) is 7.91. The molecule has 0 unspecified atom stereocenters. The predicted molar refractivity (Wildman–Crippen MR) is 95.0 cm³/mol. The van der Waals surface area contributed by atoms with Crippen molar-refractivity contribution in [2.24, 2.45) is 13.0 Å². The van der Waals surface area contributed by atoms with Gasteiger partial charge in [0.15, 0.2) is 6.20 Å². The summed E-state index contributed by atoms with van der Waals surface area (Å²) in [5.41, 5.74) is 6.98. The molecule has 0 fully saturated rings. The number of aromatic nitrogens is 1. The lowest BCUT2D eigenvalue weighted by molar-refractivity contribution is -0.660.